The van der Waals surface area contributed by atoms with Gasteiger partial charge in [-0.25, -0.2) is 14.0 Å². The average molecular weight is 538 g/mol. The zero-order chi connectivity index (χ0) is 28.1. The normalized spacial score (nSPS) is 10.6. The predicted octanol–water partition coefficient (Wildman–Crippen LogP) is 5.04. The van der Waals surface area contributed by atoms with Crippen LogP contribution in [0.3, 0.4) is 0 Å². The van der Waals surface area contributed by atoms with E-state index in [-0.39, 0.29) is 18.5 Å². The highest BCUT2D eigenvalue weighted by molar-refractivity contribution is 5.89. The molecular formula is C26H27F4N3O5. The van der Waals surface area contributed by atoms with Crippen molar-refractivity contribution in [2.75, 3.05) is 25.5 Å². The molecule has 0 bridgehead atoms. The molecule has 2 amide bonds. The summed E-state index contributed by atoms with van der Waals surface area (Å²) in [5.74, 6) is -2.08. The summed E-state index contributed by atoms with van der Waals surface area (Å²) < 4.78 is 56.7. The molecule has 3 rings (SSSR count). The standard InChI is InChI=1S/C24H26FN3O3.C2HF3O2/c1-30-23-15-18(11-12-22(23)31-17-19-7-5-6-10-21(19)25)16-28(14-13-26)24(29)27-20-8-3-2-4-9-20;3-2(4,5)1(6)7/h2-12,15H,13-14,16-17,26H2,1H3,(H,27,29);(H,6,7). The van der Waals surface area contributed by atoms with Crippen LogP contribution in [-0.4, -0.2) is 48.4 Å². The van der Waals surface area contributed by atoms with Crippen molar-refractivity contribution in [3.63, 3.8) is 0 Å². The summed E-state index contributed by atoms with van der Waals surface area (Å²) in [5.41, 5.74) is 7.73. The van der Waals surface area contributed by atoms with Gasteiger partial charge in [-0.2, -0.15) is 13.2 Å². The predicted molar refractivity (Wildman–Crippen MR) is 132 cm³/mol. The summed E-state index contributed by atoms with van der Waals surface area (Å²) in [5, 5.41) is 10.00. The number of rotatable bonds is 9. The van der Waals surface area contributed by atoms with Crippen LogP contribution in [0.1, 0.15) is 11.1 Å². The van der Waals surface area contributed by atoms with Gasteiger partial charge in [-0.3, -0.25) is 0 Å². The zero-order valence-electron chi connectivity index (χ0n) is 20.4. The molecule has 0 fully saturated rings. The van der Waals surface area contributed by atoms with Gasteiger partial charge in [0, 0.05) is 30.9 Å². The van der Waals surface area contributed by atoms with Crippen LogP contribution in [0.5, 0.6) is 11.5 Å². The maximum absolute atomic E-state index is 13.8. The number of carbonyl (C=O) groups is 2. The molecule has 0 aliphatic rings. The second-order valence-electron chi connectivity index (χ2n) is 7.67. The lowest BCUT2D eigenvalue weighted by Gasteiger charge is -2.23. The van der Waals surface area contributed by atoms with Gasteiger partial charge in [0.1, 0.15) is 12.4 Å². The Kier molecular flexibility index (Phi) is 11.4. The molecular weight excluding hydrogens is 510 g/mol. The number of ether oxygens (including phenoxy) is 2. The third-order valence-corrected chi connectivity index (χ3v) is 4.90. The molecule has 12 heteroatoms. The molecule has 0 aliphatic heterocycles. The number of amides is 2. The van der Waals surface area contributed by atoms with Crippen molar-refractivity contribution in [2.24, 2.45) is 5.73 Å². The summed E-state index contributed by atoms with van der Waals surface area (Å²) in [6.45, 7) is 1.16. The Labute approximate surface area is 216 Å². The number of nitrogens with two attached hydrogens (primary N) is 1. The van der Waals surface area contributed by atoms with Crippen molar-refractivity contribution in [3.8, 4) is 11.5 Å². The van der Waals surface area contributed by atoms with Crippen LogP contribution < -0.4 is 20.5 Å². The largest absolute Gasteiger partial charge is 0.493 e. The first-order valence-electron chi connectivity index (χ1n) is 11.2. The number of benzene rings is 3. The minimum atomic E-state index is -5.08. The molecule has 38 heavy (non-hydrogen) atoms. The number of nitrogens with one attached hydrogen (secondary N) is 1. The van der Waals surface area contributed by atoms with E-state index in [1.807, 2.05) is 36.4 Å². The molecule has 0 saturated heterocycles. The Balaban J connectivity index is 0.000000638. The topological polar surface area (TPSA) is 114 Å². The number of carboxylic acids is 1. The third kappa shape index (κ3) is 9.62. The van der Waals surface area contributed by atoms with Crippen LogP contribution in [0, 0.1) is 5.82 Å². The van der Waals surface area contributed by atoms with Gasteiger partial charge in [-0.05, 0) is 35.9 Å². The maximum Gasteiger partial charge on any atom is 0.490 e. The van der Waals surface area contributed by atoms with Gasteiger partial charge in [0.25, 0.3) is 0 Å². The van der Waals surface area contributed by atoms with Gasteiger partial charge in [0.2, 0.25) is 0 Å². The summed E-state index contributed by atoms with van der Waals surface area (Å²) >= 11 is 0. The summed E-state index contributed by atoms with van der Waals surface area (Å²) in [6.07, 6.45) is -5.08. The minimum Gasteiger partial charge on any atom is -0.493 e. The van der Waals surface area contributed by atoms with E-state index >= 15 is 0 Å². The number of nitrogens with zero attached hydrogens (tertiary/aromatic N) is 1. The van der Waals surface area contributed by atoms with Crippen LogP contribution in [-0.2, 0) is 17.9 Å². The maximum atomic E-state index is 13.8. The Morgan fingerprint density at radius 1 is 1.00 bits per heavy atom. The number of alkyl halides is 3. The van der Waals surface area contributed by atoms with E-state index in [2.05, 4.69) is 5.32 Å². The van der Waals surface area contributed by atoms with Gasteiger partial charge in [-0.1, -0.05) is 42.5 Å². The fourth-order valence-electron chi connectivity index (χ4n) is 3.05. The van der Waals surface area contributed by atoms with Crippen molar-refractivity contribution in [3.05, 3.63) is 89.7 Å². The SMILES string of the molecule is COc1cc(CN(CCN)C(=O)Nc2ccccc2)ccc1OCc1ccccc1F.O=C(O)C(F)(F)F. The van der Waals surface area contributed by atoms with E-state index in [0.29, 0.717) is 42.4 Å². The second kappa shape index (κ2) is 14.4. The van der Waals surface area contributed by atoms with E-state index in [1.165, 1.54) is 13.2 Å². The van der Waals surface area contributed by atoms with E-state index in [1.54, 1.807) is 35.2 Å². The number of aliphatic carboxylic acids is 1. The Bertz CT molecular complexity index is 1190. The van der Waals surface area contributed by atoms with Crippen molar-refractivity contribution >= 4 is 17.7 Å². The van der Waals surface area contributed by atoms with Crippen molar-refractivity contribution < 1.29 is 41.7 Å². The summed E-state index contributed by atoms with van der Waals surface area (Å²) in [6, 6.07) is 20.9. The number of para-hydroxylation sites is 1. The quantitative estimate of drug-likeness (QED) is 0.330. The number of urea groups is 1. The first kappa shape index (κ1) is 29.9. The highest BCUT2D eigenvalue weighted by Crippen LogP contribution is 2.29. The molecule has 204 valence electrons. The Morgan fingerprint density at radius 2 is 1.63 bits per heavy atom. The molecule has 3 aromatic rings. The summed E-state index contributed by atoms with van der Waals surface area (Å²) in [4.78, 5) is 23.2. The van der Waals surface area contributed by atoms with Gasteiger partial charge >= 0.3 is 18.2 Å². The fraction of sp³-hybridized carbons (Fsp3) is 0.231. The third-order valence-electron chi connectivity index (χ3n) is 4.90. The first-order valence-corrected chi connectivity index (χ1v) is 11.2. The Hall–Kier alpha value is -4.32. The number of carboxylic acid groups (broad SMARTS) is 1. The lowest BCUT2D eigenvalue weighted by atomic mass is 10.2. The Morgan fingerprint density at radius 3 is 2.21 bits per heavy atom. The molecule has 0 aromatic heterocycles. The highest BCUT2D eigenvalue weighted by atomic mass is 19.4. The number of anilines is 1. The number of halogens is 4. The fourth-order valence-corrected chi connectivity index (χ4v) is 3.05. The highest BCUT2D eigenvalue weighted by Gasteiger charge is 2.38. The van der Waals surface area contributed by atoms with Crippen molar-refractivity contribution in [1.29, 1.82) is 0 Å². The molecule has 0 saturated carbocycles. The first-order chi connectivity index (χ1) is 18.0. The molecule has 3 aromatic carbocycles. The van der Waals surface area contributed by atoms with E-state index in [9.17, 15) is 22.4 Å². The van der Waals surface area contributed by atoms with Crippen LogP contribution in [0.2, 0.25) is 0 Å². The molecule has 4 N–H and O–H groups in total. The molecule has 0 aliphatic carbocycles. The van der Waals surface area contributed by atoms with Crippen LogP contribution in [0.25, 0.3) is 0 Å². The van der Waals surface area contributed by atoms with Gasteiger partial charge in [-0.15, -0.1) is 0 Å². The molecule has 0 unspecified atom stereocenters. The van der Waals surface area contributed by atoms with Crippen molar-refractivity contribution in [1.82, 2.24) is 4.90 Å². The monoisotopic (exact) mass is 537 g/mol. The second-order valence-corrected chi connectivity index (χ2v) is 7.67. The number of methoxy groups -OCH3 is 1. The number of hydrogen-bond acceptors (Lipinski definition) is 5. The van der Waals surface area contributed by atoms with Crippen LogP contribution in [0.4, 0.5) is 28.0 Å². The minimum absolute atomic E-state index is 0.0845. The van der Waals surface area contributed by atoms with E-state index < -0.39 is 12.1 Å². The van der Waals surface area contributed by atoms with E-state index in [4.69, 9.17) is 25.1 Å². The van der Waals surface area contributed by atoms with Gasteiger partial charge in [0.05, 0.1) is 7.11 Å². The van der Waals surface area contributed by atoms with Crippen LogP contribution in [0.15, 0.2) is 72.8 Å². The average Bonchev–Trinajstić information content (AvgIpc) is 2.88. The van der Waals surface area contributed by atoms with Crippen LogP contribution >= 0.6 is 0 Å². The molecule has 0 atom stereocenters. The number of hydrogen-bond donors (Lipinski definition) is 3. The smallest absolute Gasteiger partial charge is 0.490 e. The molecule has 0 heterocycles. The van der Waals surface area contributed by atoms with Gasteiger partial charge < -0.3 is 30.5 Å². The lowest BCUT2D eigenvalue weighted by molar-refractivity contribution is -0.192. The molecule has 0 spiro atoms. The van der Waals surface area contributed by atoms with Crippen molar-refractivity contribution in [2.45, 2.75) is 19.3 Å². The molecule has 8 nitrogen and oxygen atoms in total. The van der Waals surface area contributed by atoms with Gasteiger partial charge in [0.15, 0.2) is 11.5 Å². The van der Waals surface area contributed by atoms with E-state index in [0.717, 1.165) is 5.56 Å². The molecule has 0 radical (unpaired) electrons. The number of carbonyl (C=O) groups excluding carboxylic acids is 1. The lowest BCUT2D eigenvalue weighted by Crippen LogP contribution is -2.38. The zero-order valence-corrected chi connectivity index (χ0v) is 20.4. The summed E-state index contributed by atoms with van der Waals surface area (Å²) in [7, 11) is 1.54.